The number of ether oxygens (including phenoxy) is 1. The number of carbonyl (C=O) groups excluding carboxylic acids is 1. The van der Waals surface area contributed by atoms with Crippen LogP contribution in [0.3, 0.4) is 0 Å². The lowest BCUT2D eigenvalue weighted by Gasteiger charge is -2.37. The van der Waals surface area contributed by atoms with Crippen molar-refractivity contribution >= 4 is 21.8 Å². The second-order valence-electron chi connectivity index (χ2n) is 4.82. The van der Waals surface area contributed by atoms with E-state index in [-0.39, 0.29) is 12.1 Å². The Morgan fingerprint density at radius 2 is 2.18 bits per heavy atom. The number of alkyl halides is 1. The maximum atomic E-state index is 12.1. The van der Waals surface area contributed by atoms with Gasteiger partial charge in [0.2, 0.25) is 5.91 Å². The highest BCUT2D eigenvalue weighted by molar-refractivity contribution is 9.09. The number of hydrogen-bond acceptors (Lipinski definition) is 2. The van der Waals surface area contributed by atoms with Gasteiger partial charge in [-0.3, -0.25) is 4.79 Å². The lowest BCUT2D eigenvalue weighted by atomic mass is 10.1. The van der Waals surface area contributed by atoms with Crippen LogP contribution in [0.25, 0.3) is 0 Å². The Hall–Kier alpha value is -0.0900. The molecule has 17 heavy (non-hydrogen) atoms. The van der Waals surface area contributed by atoms with Crippen LogP contribution in [0.2, 0.25) is 0 Å². The molecule has 1 fully saturated rings. The van der Waals surface area contributed by atoms with E-state index in [1.165, 1.54) is 19.3 Å². The number of hydrogen-bond donors (Lipinski definition) is 0. The predicted molar refractivity (Wildman–Crippen MR) is 73.5 cm³/mol. The van der Waals surface area contributed by atoms with Crippen molar-refractivity contribution in [2.45, 2.75) is 58.1 Å². The average molecular weight is 306 g/mol. The Bertz CT molecular complexity index is 235. The first-order valence-electron chi connectivity index (χ1n) is 6.66. The first-order chi connectivity index (χ1) is 8.19. The zero-order valence-corrected chi connectivity index (χ0v) is 12.5. The Morgan fingerprint density at radius 3 is 2.82 bits per heavy atom. The summed E-state index contributed by atoms with van der Waals surface area (Å²) in [6.07, 6.45) is 5.49. The first-order valence-corrected chi connectivity index (χ1v) is 7.78. The van der Waals surface area contributed by atoms with Gasteiger partial charge in [0.1, 0.15) is 0 Å². The fourth-order valence-electron chi connectivity index (χ4n) is 2.10. The summed E-state index contributed by atoms with van der Waals surface area (Å²) in [5.74, 6) is 0.294. The van der Waals surface area contributed by atoms with Crippen molar-refractivity contribution in [2.24, 2.45) is 0 Å². The third-order valence-electron chi connectivity index (χ3n) is 3.24. The predicted octanol–water partition coefficient (Wildman–Crippen LogP) is 2.97. The molecular formula is C13H24BrNO2. The third-order valence-corrected chi connectivity index (χ3v) is 3.96. The summed E-state index contributed by atoms with van der Waals surface area (Å²) in [7, 11) is 0. The lowest BCUT2D eigenvalue weighted by molar-refractivity contribution is -0.143. The normalized spacial score (nSPS) is 25.0. The van der Waals surface area contributed by atoms with Gasteiger partial charge < -0.3 is 9.64 Å². The molecule has 1 rings (SSSR count). The first kappa shape index (κ1) is 15.0. The summed E-state index contributed by atoms with van der Waals surface area (Å²) in [5, 5.41) is 0.805. The molecule has 0 aliphatic carbocycles. The molecule has 4 heteroatoms. The van der Waals surface area contributed by atoms with Crippen molar-refractivity contribution in [1.29, 1.82) is 0 Å². The molecule has 1 aliphatic heterocycles. The molecule has 0 saturated carbocycles. The maximum Gasteiger partial charge on any atom is 0.222 e. The summed E-state index contributed by atoms with van der Waals surface area (Å²) in [6, 6.07) is 0.226. The topological polar surface area (TPSA) is 29.5 Å². The second-order valence-corrected chi connectivity index (χ2v) is 5.46. The minimum Gasteiger partial charge on any atom is -0.373 e. The van der Waals surface area contributed by atoms with Gasteiger partial charge in [-0.25, -0.2) is 0 Å². The van der Waals surface area contributed by atoms with E-state index in [4.69, 9.17) is 4.74 Å². The Kier molecular flexibility index (Phi) is 7.12. The van der Waals surface area contributed by atoms with Gasteiger partial charge in [0.25, 0.3) is 0 Å². The number of rotatable bonds is 6. The van der Waals surface area contributed by atoms with Gasteiger partial charge in [-0.2, -0.15) is 0 Å². The summed E-state index contributed by atoms with van der Waals surface area (Å²) < 4.78 is 5.62. The largest absolute Gasteiger partial charge is 0.373 e. The number of nitrogens with zero attached hydrogens (tertiary/aromatic N) is 1. The van der Waals surface area contributed by atoms with Crippen LogP contribution in [-0.4, -0.2) is 41.4 Å². The molecule has 0 aromatic rings. The number of amides is 1. The van der Waals surface area contributed by atoms with E-state index in [2.05, 4.69) is 29.8 Å². The molecule has 1 saturated heterocycles. The van der Waals surface area contributed by atoms with Crippen LogP contribution in [0, 0.1) is 0 Å². The molecular weight excluding hydrogens is 282 g/mol. The third kappa shape index (κ3) is 4.96. The van der Waals surface area contributed by atoms with Gasteiger partial charge in [-0.15, -0.1) is 0 Å². The van der Waals surface area contributed by atoms with Crippen molar-refractivity contribution in [3.8, 4) is 0 Å². The van der Waals surface area contributed by atoms with Crippen LogP contribution >= 0.6 is 15.9 Å². The standard InChI is InChI=1S/C13H24BrNO2/c1-3-4-5-6-7-13(16)15-9-12(8-14)17-10-11(15)2/h11-12H,3-10H2,1-2H3. The fourth-order valence-corrected chi connectivity index (χ4v) is 2.50. The molecule has 1 heterocycles. The summed E-state index contributed by atoms with van der Waals surface area (Å²) >= 11 is 3.42. The molecule has 0 bridgehead atoms. The van der Waals surface area contributed by atoms with Gasteiger partial charge >= 0.3 is 0 Å². The van der Waals surface area contributed by atoms with Gasteiger partial charge in [-0.1, -0.05) is 42.1 Å². The van der Waals surface area contributed by atoms with E-state index >= 15 is 0 Å². The number of unbranched alkanes of at least 4 members (excludes halogenated alkanes) is 3. The minimum atomic E-state index is 0.158. The van der Waals surface area contributed by atoms with Crippen molar-refractivity contribution in [2.75, 3.05) is 18.5 Å². The van der Waals surface area contributed by atoms with Gasteiger partial charge in [0.05, 0.1) is 18.8 Å². The highest BCUT2D eigenvalue weighted by atomic mass is 79.9. The van der Waals surface area contributed by atoms with E-state index in [0.717, 1.165) is 18.3 Å². The summed E-state index contributed by atoms with van der Waals surface area (Å²) in [4.78, 5) is 14.1. The molecule has 2 unspecified atom stereocenters. The molecule has 2 atom stereocenters. The zero-order valence-electron chi connectivity index (χ0n) is 11.0. The Balaban J connectivity index is 2.32. The number of morpholine rings is 1. The van der Waals surface area contributed by atoms with Crippen molar-refractivity contribution in [3.05, 3.63) is 0 Å². The minimum absolute atomic E-state index is 0.158. The SMILES string of the molecule is CCCCCCC(=O)N1CC(CBr)OCC1C. The van der Waals surface area contributed by atoms with E-state index in [9.17, 15) is 4.79 Å². The van der Waals surface area contributed by atoms with Crippen molar-refractivity contribution in [3.63, 3.8) is 0 Å². The molecule has 1 amide bonds. The van der Waals surface area contributed by atoms with Crippen LogP contribution in [0.15, 0.2) is 0 Å². The molecule has 0 spiro atoms. The van der Waals surface area contributed by atoms with E-state index < -0.39 is 0 Å². The molecule has 0 aromatic heterocycles. The number of halogens is 1. The van der Waals surface area contributed by atoms with Gasteiger partial charge in [0, 0.05) is 18.3 Å². The lowest BCUT2D eigenvalue weighted by Crippen LogP contribution is -2.51. The molecule has 1 aliphatic rings. The summed E-state index contributed by atoms with van der Waals surface area (Å²) in [6.45, 7) is 5.65. The van der Waals surface area contributed by atoms with Gasteiger partial charge in [0.15, 0.2) is 0 Å². The highest BCUT2D eigenvalue weighted by Crippen LogP contribution is 2.15. The highest BCUT2D eigenvalue weighted by Gasteiger charge is 2.28. The monoisotopic (exact) mass is 305 g/mol. The molecule has 0 N–H and O–H groups in total. The second kappa shape index (κ2) is 8.09. The summed E-state index contributed by atoms with van der Waals surface area (Å²) in [5.41, 5.74) is 0. The molecule has 0 radical (unpaired) electrons. The molecule has 100 valence electrons. The number of carbonyl (C=O) groups is 1. The van der Waals surface area contributed by atoms with Crippen molar-refractivity contribution in [1.82, 2.24) is 4.90 Å². The quantitative estimate of drug-likeness (QED) is 0.558. The smallest absolute Gasteiger partial charge is 0.222 e. The van der Waals surface area contributed by atoms with Gasteiger partial charge in [-0.05, 0) is 13.3 Å². The average Bonchev–Trinajstić information content (AvgIpc) is 2.35. The van der Waals surface area contributed by atoms with Crippen LogP contribution < -0.4 is 0 Å². The van der Waals surface area contributed by atoms with E-state index in [1.54, 1.807) is 0 Å². The van der Waals surface area contributed by atoms with Crippen LogP contribution in [0.1, 0.15) is 46.0 Å². The zero-order chi connectivity index (χ0) is 12.7. The molecule has 3 nitrogen and oxygen atoms in total. The molecule has 0 aromatic carbocycles. The van der Waals surface area contributed by atoms with Crippen LogP contribution in [-0.2, 0) is 9.53 Å². The van der Waals surface area contributed by atoms with Crippen LogP contribution in [0.4, 0.5) is 0 Å². The van der Waals surface area contributed by atoms with Crippen LogP contribution in [0.5, 0.6) is 0 Å². The van der Waals surface area contributed by atoms with E-state index in [1.807, 2.05) is 4.90 Å². The fraction of sp³-hybridized carbons (Fsp3) is 0.923. The van der Waals surface area contributed by atoms with Crippen molar-refractivity contribution < 1.29 is 9.53 Å². The maximum absolute atomic E-state index is 12.1. The van der Waals surface area contributed by atoms with E-state index in [0.29, 0.717) is 18.9 Å². The Morgan fingerprint density at radius 1 is 1.41 bits per heavy atom. The Labute approximate surface area is 113 Å².